The van der Waals surface area contributed by atoms with Gasteiger partial charge in [0.1, 0.15) is 6.04 Å². The number of rotatable bonds is 3. The van der Waals surface area contributed by atoms with Crippen LogP contribution in [-0.4, -0.2) is 33.9 Å². The Labute approximate surface area is 117 Å². The van der Waals surface area contributed by atoms with Crippen molar-refractivity contribution >= 4 is 29.8 Å². The molecule has 1 saturated heterocycles. The van der Waals surface area contributed by atoms with Crippen molar-refractivity contribution in [1.82, 2.24) is 4.90 Å². The van der Waals surface area contributed by atoms with Gasteiger partial charge in [-0.15, -0.1) is 11.8 Å². The second kappa shape index (κ2) is 5.25. The molecule has 1 aromatic rings. The van der Waals surface area contributed by atoms with E-state index >= 15 is 0 Å². The molecule has 1 fully saturated rings. The summed E-state index contributed by atoms with van der Waals surface area (Å²) in [5.74, 6) is 0.498. The number of thioether (sulfide) groups is 1. The quantitative estimate of drug-likeness (QED) is 0.863. The standard InChI is InChI=1S/C14H18N2O2S/c1-10-4-6-11(7-5-10)15-13(18)12-8-19-14(2,3)16(12)9-17/h4-7,9,12H,8H2,1-3H3,(H,15,18)/t12-/m0/s1. The van der Waals surface area contributed by atoms with Gasteiger partial charge in [0, 0.05) is 11.4 Å². The number of carbonyl (C=O) groups excluding carboxylic acids is 2. The van der Waals surface area contributed by atoms with Crippen molar-refractivity contribution in [2.45, 2.75) is 31.7 Å². The van der Waals surface area contributed by atoms with Crippen molar-refractivity contribution in [3.05, 3.63) is 29.8 Å². The van der Waals surface area contributed by atoms with E-state index in [-0.39, 0.29) is 10.8 Å². The second-order valence-electron chi connectivity index (χ2n) is 5.14. The molecule has 0 aliphatic carbocycles. The molecule has 5 heteroatoms. The van der Waals surface area contributed by atoms with Gasteiger partial charge in [0.05, 0.1) is 4.87 Å². The van der Waals surface area contributed by atoms with Crippen LogP contribution < -0.4 is 5.32 Å². The molecular weight excluding hydrogens is 260 g/mol. The summed E-state index contributed by atoms with van der Waals surface area (Å²) in [6.45, 7) is 5.90. The largest absolute Gasteiger partial charge is 0.324 e. The molecule has 1 heterocycles. The molecule has 102 valence electrons. The SMILES string of the molecule is Cc1ccc(NC(=O)[C@@H]2CSC(C)(C)N2C=O)cc1. The van der Waals surface area contributed by atoms with Gasteiger partial charge in [-0.05, 0) is 32.9 Å². The fraction of sp³-hybridized carbons (Fsp3) is 0.429. The van der Waals surface area contributed by atoms with Gasteiger partial charge < -0.3 is 10.2 Å². The van der Waals surface area contributed by atoms with Crippen molar-refractivity contribution in [1.29, 1.82) is 0 Å². The van der Waals surface area contributed by atoms with Crippen molar-refractivity contribution < 1.29 is 9.59 Å². The van der Waals surface area contributed by atoms with Crippen LogP contribution in [-0.2, 0) is 9.59 Å². The highest BCUT2D eigenvalue weighted by molar-refractivity contribution is 8.00. The number of amides is 2. The number of benzene rings is 1. The van der Waals surface area contributed by atoms with Crippen molar-refractivity contribution in [3.8, 4) is 0 Å². The maximum atomic E-state index is 12.2. The summed E-state index contributed by atoms with van der Waals surface area (Å²) in [4.78, 5) is 24.7. The highest BCUT2D eigenvalue weighted by atomic mass is 32.2. The molecule has 1 aromatic carbocycles. The first-order valence-corrected chi connectivity index (χ1v) is 7.18. The molecule has 2 amide bonds. The number of nitrogens with one attached hydrogen (secondary N) is 1. The van der Waals surface area contributed by atoms with E-state index in [0.29, 0.717) is 5.75 Å². The molecule has 2 rings (SSSR count). The second-order valence-corrected chi connectivity index (χ2v) is 6.76. The summed E-state index contributed by atoms with van der Waals surface area (Å²) < 4.78 is 0. The minimum Gasteiger partial charge on any atom is -0.324 e. The zero-order chi connectivity index (χ0) is 14.0. The van der Waals surface area contributed by atoms with Gasteiger partial charge in [-0.25, -0.2) is 0 Å². The third-order valence-electron chi connectivity index (χ3n) is 3.29. The van der Waals surface area contributed by atoms with Gasteiger partial charge in [-0.3, -0.25) is 9.59 Å². The Morgan fingerprint density at radius 3 is 2.63 bits per heavy atom. The van der Waals surface area contributed by atoms with Gasteiger partial charge in [0.15, 0.2) is 0 Å². The Morgan fingerprint density at radius 2 is 2.05 bits per heavy atom. The van der Waals surface area contributed by atoms with E-state index in [2.05, 4.69) is 5.32 Å². The number of aryl methyl sites for hydroxylation is 1. The predicted octanol–water partition coefficient (Wildman–Crippen LogP) is 2.24. The molecule has 0 bridgehead atoms. The smallest absolute Gasteiger partial charge is 0.248 e. The van der Waals surface area contributed by atoms with E-state index in [0.717, 1.165) is 17.7 Å². The van der Waals surface area contributed by atoms with E-state index in [1.807, 2.05) is 45.0 Å². The van der Waals surface area contributed by atoms with E-state index in [1.165, 1.54) is 0 Å². The van der Waals surface area contributed by atoms with E-state index in [9.17, 15) is 9.59 Å². The molecule has 1 aliphatic rings. The fourth-order valence-corrected chi connectivity index (χ4v) is 3.27. The van der Waals surface area contributed by atoms with Gasteiger partial charge >= 0.3 is 0 Å². The zero-order valence-electron chi connectivity index (χ0n) is 11.3. The first kappa shape index (κ1) is 13.9. The topological polar surface area (TPSA) is 49.4 Å². The van der Waals surface area contributed by atoms with Crippen LogP contribution in [0.4, 0.5) is 5.69 Å². The van der Waals surface area contributed by atoms with Crippen molar-refractivity contribution in [3.63, 3.8) is 0 Å². The Hall–Kier alpha value is -1.49. The van der Waals surface area contributed by atoms with Crippen molar-refractivity contribution in [2.24, 2.45) is 0 Å². The van der Waals surface area contributed by atoms with Crippen LogP contribution in [0.25, 0.3) is 0 Å². The Bertz CT molecular complexity index is 485. The lowest BCUT2D eigenvalue weighted by Crippen LogP contribution is -2.47. The summed E-state index contributed by atoms with van der Waals surface area (Å²) in [6.07, 6.45) is 0.763. The fourth-order valence-electron chi connectivity index (χ4n) is 2.08. The minimum absolute atomic E-state index is 0.131. The molecule has 0 saturated carbocycles. The van der Waals surface area contributed by atoms with Gasteiger partial charge in [0.2, 0.25) is 12.3 Å². The lowest BCUT2D eigenvalue weighted by molar-refractivity contribution is -0.130. The molecule has 0 aromatic heterocycles. The molecule has 0 radical (unpaired) electrons. The Kier molecular flexibility index (Phi) is 3.85. The van der Waals surface area contributed by atoms with Crippen molar-refractivity contribution in [2.75, 3.05) is 11.1 Å². The third-order valence-corrected chi connectivity index (χ3v) is 4.69. The van der Waals surface area contributed by atoms with Crippen LogP contribution in [0.2, 0.25) is 0 Å². The van der Waals surface area contributed by atoms with E-state index in [4.69, 9.17) is 0 Å². The van der Waals surface area contributed by atoms with Crippen LogP contribution in [0, 0.1) is 6.92 Å². The summed E-state index contributed by atoms with van der Waals surface area (Å²) in [5, 5.41) is 2.86. The summed E-state index contributed by atoms with van der Waals surface area (Å²) in [6, 6.07) is 7.22. The van der Waals surface area contributed by atoms with Crippen LogP contribution >= 0.6 is 11.8 Å². The van der Waals surface area contributed by atoms with Gasteiger partial charge in [-0.2, -0.15) is 0 Å². The average molecular weight is 278 g/mol. The zero-order valence-corrected chi connectivity index (χ0v) is 12.2. The van der Waals surface area contributed by atoms with Crippen LogP contribution in [0.1, 0.15) is 19.4 Å². The number of nitrogens with zero attached hydrogens (tertiary/aromatic N) is 1. The highest BCUT2D eigenvalue weighted by Gasteiger charge is 2.42. The van der Waals surface area contributed by atoms with Crippen LogP contribution in [0.3, 0.4) is 0 Å². The monoisotopic (exact) mass is 278 g/mol. The maximum absolute atomic E-state index is 12.2. The molecule has 19 heavy (non-hydrogen) atoms. The number of hydrogen-bond donors (Lipinski definition) is 1. The molecule has 1 atom stereocenters. The Morgan fingerprint density at radius 1 is 1.42 bits per heavy atom. The van der Waals surface area contributed by atoms with E-state index < -0.39 is 6.04 Å². The first-order valence-electron chi connectivity index (χ1n) is 6.19. The van der Waals surface area contributed by atoms with Crippen LogP contribution in [0.15, 0.2) is 24.3 Å². The number of anilines is 1. The number of hydrogen-bond acceptors (Lipinski definition) is 3. The number of carbonyl (C=O) groups is 2. The Balaban J connectivity index is 2.08. The van der Waals surface area contributed by atoms with Crippen LogP contribution in [0.5, 0.6) is 0 Å². The molecular formula is C14H18N2O2S. The highest BCUT2D eigenvalue weighted by Crippen LogP contribution is 2.37. The van der Waals surface area contributed by atoms with Gasteiger partial charge in [0.25, 0.3) is 0 Å². The van der Waals surface area contributed by atoms with E-state index in [1.54, 1.807) is 16.7 Å². The normalized spacial score (nSPS) is 21.2. The molecule has 1 N–H and O–H groups in total. The maximum Gasteiger partial charge on any atom is 0.248 e. The summed E-state index contributed by atoms with van der Waals surface area (Å²) in [7, 11) is 0. The third kappa shape index (κ3) is 2.92. The molecule has 1 aliphatic heterocycles. The molecule has 0 unspecified atom stereocenters. The predicted molar refractivity (Wildman–Crippen MR) is 78.0 cm³/mol. The molecule has 4 nitrogen and oxygen atoms in total. The minimum atomic E-state index is -0.404. The summed E-state index contributed by atoms with van der Waals surface area (Å²) in [5.41, 5.74) is 1.90. The lowest BCUT2D eigenvalue weighted by Gasteiger charge is -2.30. The van der Waals surface area contributed by atoms with Gasteiger partial charge in [-0.1, -0.05) is 17.7 Å². The lowest BCUT2D eigenvalue weighted by atomic mass is 10.2. The summed E-state index contributed by atoms with van der Waals surface area (Å²) >= 11 is 1.62. The molecule has 0 spiro atoms. The average Bonchev–Trinajstić information content (AvgIpc) is 2.67. The first-order chi connectivity index (χ1) is 8.94.